The van der Waals surface area contributed by atoms with Gasteiger partial charge in [-0.05, 0) is 30.2 Å². The molecule has 2 heterocycles. The summed E-state index contributed by atoms with van der Waals surface area (Å²) in [6.45, 7) is 0.833. The average Bonchev–Trinajstić information content (AvgIpc) is 2.48. The highest BCUT2D eigenvalue weighted by Crippen LogP contribution is 2.33. The van der Waals surface area contributed by atoms with Crippen LogP contribution in [0.15, 0.2) is 36.5 Å². The molecule has 0 saturated carbocycles. The maximum atomic E-state index is 12.6. The molecule has 6 heteroatoms. The summed E-state index contributed by atoms with van der Waals surface area (Å²) in [5.74, 6) is 0. The summed E-state index contributed by atoms with van der Waals surface area (Å²) < 4.78 is 37.9. The molecule has 1 aromatic carbocycles. The number of pyridine rings is 1. The van der Waals surface area contributed by atoms with Gasteiger partial charge in [0, 0.05) is 18.7 Å². The highest BCUT2D eigenvalue weighted by molar-refractivity contribution is 6.31. The minimum Gasteiger partial charge on any atom is -0.309 e. The second kappa shape index (κ2) is 5.89. The third kappa shape index (κ3) is 3.10. The molecule has 1 aromatic heterocycles. The first-order chi connectivity index (χ1) is 10.4. The summed E-state index contributed by atoms with van der Waals surface area (Å²) in [6.07, 6.45) is -2.17. The Morgan fingerprint density at radius 3 is 2.77 bits per heavy atom. The summed E-state index contributed by atoms with van der Waals surface area (Å²) in [7, 11) is 0. The van der Waals surface area contributed by atoms with Crippen molar-refractivity contribution in [3.8, 4) is 0 Å². The van der Waals surface area contributed by atoms with Gasteiger partial charge in [0.25, 0.3) is 0 Å². The zero-order valence-corrected chi connectivity index (χ0v) is 12.4. The van der Waals surface area contributed by atoms with E-state index in [9.17, 15) is 13.2 Å². The molecular weight excluding hydrogens is 313 g/mol. The second-order valence-corrected chi connectivity index (χ2v) is 5.72. The van der Waals surface area contributed by atoms with E-state index in [1.807, 2.05) is 18.2 Å². The highest BCUT2D eigenvalue weighted by atomic mass is 35.5. The van der Waals surface area contributed by atoms with Gasteiger partial charge < -0.3 is 5.32 Å². The van der Waals surface area contributed by atoms with Crippen molar-refractivity contribution in [1.29, 1.82) is 0 Å². The molecule has 1 atom stereocenters. The van der Waals surface area contributed by atoms with Gasteiger partial charge in [0.15, 0.2) is 0 Å². The van der Waals surface area contributed by atoms with Crippen molar-refractivity contribution in [2.45, 2.75) is 25.1 Å². The van der Waals surface area contributed by atoms with Gasteiger partial charge in [0.05, 0.1) is 16.3 Å². The van der Waals surface area contributed by atoms with Crippen LogP contribution in [0.5, 0.6) is 0 Å². The molecule has 1 N–H and O–H groups in total. The normalized spacial score (nSPS) is 18.1. The number of nitrogens with one attached hydrogen (secondary N) is 1. The number of hydrogen-bond acceptors (Lipinski definition) is 2. The highest BCUT2D eigenvalue weighted by Gasteiger charge is 2.32. The summed E-state index contributed by atoms with van der Waals surface area (Å²) in [5, 5.41) is 3.43. The largest absolute Gasteiger partial charge is 0.417 e. The fourth-order valence-electron chi connectivity index (χ4n) is 2.74. The summed E-state index contributed by atoms with van der Waals surface area (Å²) >= 11 is 5.99. The average molecular weight is 327 g/mol. The topological polar surface area (TPSA) is 24.9 Å². The summed E-state index contributed by atoms with van der Waals surface area (Å²) in [4.78, 5) is 3.92. The molecule has 0 radical (unpaired) electrons. The third-order valence-corrected chi connectivity index (χ3v) is 4.19. The van der Waals surface area contributed by atoms with Gasteiger partial charge in [-0.2, -0.15) is 13.2 Å². The van der Waals surface area contributed by atoms with Crippen molar-refractivity contribution in [2.75, 3.05) is 6.54 Å². The van der Waals surface area contributed by atoms with Crippen molar-refractivity contribution >= 4 is 11.6 Å². The van der Waals surface area contributed by atoms with E-state index in [4.69, 9.17) is 11.6 Å². The van der Waals surface area contributed by atoms with E-state index >= 15 is 0 Å². The lowest BCUT2D eigenvalue weighted by Crippen LogP contribution is -2.31. The number of rotatable bonds is 2. The van der Waals surface area contributed by atoms with Crippen LogP contribution in [0.3, 0.4) is 0 Å². The van der Waals surface area contributed by atoms with Crippen LogP contribution in [0.4, 0.5) is 13.2 Å². The van der Waals surface area contributed by atoms with Gasteiger partial charge in [-0.15, -0.1) is 0 Å². The molecule has 1 aliphatic rings. The van der Waals surface area contributed by atoms with Crippen LogP contribution in [-0.4, -0.2) is 11.5 Å². The minimum atomic E-state index is -4.43. The van der Waals surface area contributed by atoms with Crippen molar-refractivity contribution in [1.82, 2.24) is 10.3 Å². The van der Waals surface area contributed by atoms with Crippen molar-refractivity contribution < 1.29 is 13.2 Å². The number of fused-ring (bicyclic) bond motifs is 1. The quantitative estimate of drug-likeness (QED) is 0.895. The van der Waals surface area contributed by atoms with Crippen molar-refractivity contribution in [2.24, 2.45) is 0 Å². The predicted molar refractivity (Wildman–Crippen MR) is 78.8 cm³/mol. The van der Waals surface area contributed by atoms with Gasteiger partial charge in [-0.3, -0.25) is 4.98 Å². The number of benzene rings is 1. The number of alkyl halides is 3. The van der Waals surface area contributed by atoms with Crippen LogP contribution in [-0.2, 0) is 19.0 Å². The maximum Gasteiger partial charge on any atom is 0.417 e. The predicted octanol–water partition coefficient (Wildman–Crippen LogP) is 4.18. The molecule has 0 spiro atoms. The van der Waals surface area contributed by atoms with Gasteiger partial charge >= 0.3 is 6.18 Å². The Labute approximate surface area is 131 Å². The van der Waals surface area contributed by atoms with E-state index in [-0.39, 0.29) is 11.1 Å². The Morgan fingerprint density at radius 1 is 1.27 bits per heavy atom. The van der Waals surface area contributed by atoms with Crippen LogP contribution in [0.2, 0.25) is 5.02 Å². The Hall–Kier alpha value is -1.59. The Kier molecular flexibility index (Phi) is 4.10. The van der Waals surface area contributed by atoms with E-state index < -0.39 is 11.7 Å². The van der Waals surface area contributed by atoms with E-state index in [1.165, 1.54) is 5.56 Å². The molecule has 0 aliphatic carbocycles. The van der Waals surface area contributed by atoms with Gasteiger partial charge in [0.2, 0.25) is 0 Å². The van der Waals surface area contributed by atoms with E-state index in [0.29, 0.717) is 12.1 Å². The van der Waals surface area contributed by atoms with Crippen LogP contribution >= 0.6 is 11.6 Å². The SMILES string of the molecule is FC(F)(F)c1cnc(C[C@H]2NCCc3ccccc32)c(Cl)c1. The molecule has 0 bridgehead atoms. The van der Waals surface area contributed by atoms with E-state index in [1.54, 1.807) is 0 Å². The first-order valence-corrected chi connectivity index (χ1v) is 7.36. The third-order valence-electron chi connectivity index (χ3n) is 3.86. The molecule has 22 heavy (non-hydrogen) atoms. The van der Waals surface area contributed by atoms with Gasteiger partial charge in [-0.25, -0.2) is 0 Å². The molecule has 3 rings (SSSR count). The summed E-state index contributed by atoms with van der Waals surface area (Å²) in [5.41, 5.74) is 2.07. The summed E-state index contributed by atoms with van der Waals surface area (Å²) in [6, 6.07) is 9.02. The van der Waals surface area contributed by atoms with E-state index in [0.717, 1.165) is 30.8 Å². The molecule has 0 fully saturated rings. The van der Waals surface area contributed by atoms with Crippen LogP contribution in [0.25, 0.3) is 0 Å². The van der Waals surface area contributed by atoms with Crippen molar-refractivity contribution in [3.63, 3.8) is 0 Å². The smallest absolute Gasteiger partial charge is 0.309 e. The lowest BCUT2D eigenvalue weighted by molar-refractivity contribution is -0.137. The number of nitrogens with zero attached hydrogens (tertiary/aromatic N) is 1. The first kappa shape index (κ1) is 15.3. The Balaban J connectivity index is 1.86. The first-order valence-electron chi connectivity index (χ1n) is 6.98. The molecule has 116 valence electrons. The molecule has 0 amide bonds. The number of aromatic nitrogens is 1. The Bertz CT molecular complexity index is 685. The lowest BCUT2D eigenvalue weighted by Gasteiger charge is -2.27. The minimum absolute atomic E-state index is 0.0201. The van der Waals surface area contributed by atoms with Crippen LogP contribution in [0.1, 0.15) is 28.4 Å². The van der Waals surface area contributed by atoms with Crippen LogP contribution in [0, 0.1) is 0 Å². The van der Waals surface area contributed by atoms with Crippen molar-refractivity contribution in [3.05, 3.63) is 63.9 Å². The molecule has 0 saturated heterocycles. The van der Waals surface area contributed by atoms with E-state index in [2.05, 4.69) is 16.4 Å². The monoisotopic (exact) mass is 326 g/mol. The number of halogens is 4. The standard InChI is InChI=1S/C16H14ClF3N2/c17-13-7-11(16(18,19)20)9-22-15(13)8-14-12-4-2-1-3-10(12)5-6-21-14/h1-4,7,9,14,21H,5-6,8H2/t14-/m1/s1. The fourth-order valence-corrected chi connectivity index (χ4v) is 2.98. The zero-order valence-electron chi connectivity index (χ0n) is 11.6. The molecule has 2 aromatic rings. The molecule has 1 aliphatic heterocycles. The van der Waals surface area contributed by atoms with Crippen LogP contribution < -0.4 is 5.32 Å². The van der Waals surface area contributed by atoms with Gasteiger partial charge in [0.1, 0.15) is 0 Å². The second-order valence-electron chi connectivity index (χ2n) is 5.31. The molecule has 0 unspecified atom stereocenters. The Morgan fingerprint density at radius 2 is 2.05 bits per heavy atom. The number of hydrogen-bond donors (Lipinski definition) is 1. The molecule has 2 nitrogen and oxygen atoms in total. The zero-order chi connectivity index (χ0) is 15.7. The lowest BCUT2D eigenvalue weighted by atomic mass is 9.91. The molecular formula is C16H14ClF3N2. The fraction of sp³-hybridized carbons (Fsp3) is 0.312. The van der Waals surface area contributed by atoms with Gasteiger partial charge in [-0.1, -0.05) is 35.9 Å². The maximum absolute atomic E-state index is 12.6.